The lowest BCUT2D eigenvalue weighted by Gasteiger charge is -2.28. The van der Waals surface area contributed by atoms with E-state index in [4.69, 9.17) is 10.8 Å². The third kappa shape index (κ3) is 1.60. The minimum absolute atomic E-state index is 0.374. The molecule has 1 fully saturated rings. The van der Waals surface area contributed by atoms with Crippen molar-refractivity contribution in [2.45, 2.75) is 18.9 Å². The number of aliphatic hydroxyl groups excluding tert-OH is 1. The molecule has 0 saturated carbocycles. The molecule has 0 bridgehead atoms. The van der Waals surface area contributed by atoms with Gasteiger partial charge in [0.2, 0.25) is 0 Å². The van der Waals surface area contributed by atoms with Crippen LogP contribution in [0.15, 0.2) is 0 Å². The Morgan fingerprint density at radius 2 is 2.40 bits per heavy atom. The molecule has 4 heteroatoms. The van der Waals surface area contributed by atoms with Gasteiger partial charge in [0.1, 0.15) is 0 Å². The van der Waals surface area contributed by atoms with Gasteiger partial charge in [-0.1, -0.05) is 0 Å². The van der Waals surface area contributed by atoms with Crippen molar-refractivity contribution in [2.24, 2.45) is 5.73 Å². The van der Waals surface area contributed by atoms with Crippen LogP contribution in [0.4, 0.5) is 4.79 Å². The molecule has 0 aromatic heterocycles. The van der Waals surface area contributed by atoms with Gasteiger partial charge in [0, 0.05) is 13.1 Å². The number of amides is 2. The van der Waals surface area contributed by atoms with E-state index in [2.05, 4.69) is 0 Å². The lowest BCUT2D eigenvalue weighted by Crippen LogP contribution is -2.44. The summed E-state index contributed by atoms with van der Waals surface area (Å²) in [5.74, 6) is 0. The van der Waals surface area contributed by atoms with Gasteiger partial charge in [-0.05, 0) is 12.8 Å². The highest BCUT2D eigenvalue weighted by molar-refractivity contribution is 5.72. The van der Waals surface area contributed by atoms with Crippen molar-refractivity contribution in [3.05, 3.63) is 0 Å². The Hall–Kier alpha value is -0.770. The molecule has 1 aliphatic rings. The summed E-state index contributed by atoms with van der Waals surface area (Å²) in [6.07, 6.45) is 1.26. The van der Waals surface area contributed by atoms with Crippen molar-refractivity contribution < 1.29 is 9.90 Å². The Bertz CT molecular complexity index is 138. The van der Waals surface area contributed by atoms with Crippen LogP contribution in [-0.2, 0) is 0 Å². The van der Waals surface area contributed by atoms with Gasteiger partial charge in [-0.25, -0.2) is 4.79 Å². The molecule has 0 aliphatic carbocycles. The van der Waals surface area contributed by atoms with E-state index in [0.29, 0.717) is 13.1 Å². The quantitative estimate of drug-likeness (QED) is 0.482. The summed E-state index contributed by atoms with van der Waals surface area (Å²) in [4.78, 5) is 12.0. The number of rotatable bonds is 0. The van der Waals surface area contributed by atoms with Crippen LogP contribution in [-0.4, -0.2) is 35.2 Å². The summed E-state index contributed by atoms with van der Waals surface area (Å²) in [6, 6.07) is -0.432. The zero-order valence-electron chi connectivity index (χ0n) is 5.79. The molecule has 0 unspecified atom stereocenters. The van der Waals surface area contributed by atoms with E-state index in [1.807, 2.05) is 0 Å². The van der Waals surface area contributed by atoms with Crippen LogP contribution in [0.25, 0.3) is 0 Å². The summed E-state index contributed by atoms with van der Waals surface area (Å²) in [5.41, 5.74) is 5.01. The molecule has 3 N–H and O–H groups in total. The van der Waals surface area contributed by atoms with Gasteiger partial charge in [-0.3, -0.25) is 0 Å². The molecule has 1 rings (SSSR count). The highest BCUT2D eigenvalue weighted by atomic mass is 16.3. The Morgan fingerprint density at radius 1 is 1.70 bits per heavy atom. The van der Waals surface area contributed by atoms with E-state index < -0.39 is 6.03 Å². The first-order valence-electron chi connectivity index (χ1n) is 3.42. The smallest absolute Gasteiger partial charge is 0.314 e. The number of primary amides is 1. The molecule has 1 heterocycles. The molecule has 0 radical (unpaired) electrons. The van der Waals surface area contributed by atoms with E-state index in [-0.39, 0.29) is 6.10 Å². The molecule has 1 saturated heterocycles. The molecule has 10 heavy (non-hydrogen) atoms. The lowest BCUT2D eigenvalue weighted by molar-refractivity contribution is 0.0870. The van der Waals surface area contributed by atoms with Gasteiger partial charge in [-0.15, -0.1) is 0 Å². The number of likely N-dealkylation sites (tertiary alicyclic amines) is 1. The number of β-amino-alcohol motifs (C(OH)–C–C–N with tert-alkyl or cyclic N) is 1. The van der Waals surface area contributed by atoms with Crippen molar-refractivity contribution in [1.82, 2.24) is 4.90 Å². The Kier molecular flexibility index (Phi) is 2.11. The number of piperidine rings is 1. The van der Waals surface area contributed by atoms with Gasteiger partial charge in [-0.2, -0.15) is 0 Å². The number of carbonyl (C=O) groups excluding carboxylic acids is 1. The van der Waals surface area contributed by atoms with Crippen LogP contribution in [0, 0.1) is 0 Å². The monoisotopic (exact) mass is 144 g/mol. The summed E-state index contributed by atoms with van der Waals surface area (Å²) in [7, 11) is 0. The van der Waals surface area contributed by atoms with Gasteiger partial charge in [0.25, 0.3) is 0 Å². The predicted molar refractivity (Wildman–Crippen MR) is 36.4 cm³/mol. The van der Waals surface area contributed by atoms with Crippen LogP contribution < -0.4 is 5.73 Å². The number of nitrogens with two attached hydrogens (primary N) is 1. The first-order valence-corrected chi connectivity index (χ1v) is 3.42. The molecule has 1 atom stereocenters. The van der Waals surface area contributed by atoms with E-state index in [9.17, 15) is 4.79 Å². The molecule has 0 spiro atoms. The minimum Gasteiger partial charge on any atom is -0.391 e. The second kappa shape index (κ2) is 2.88. The Labute approximate surface area is 59.6 Å². The topological polar surface area (TPSA) is 66.6 Å². The SMILES string of the molecule is NC(=O)N1CCC[C@@H](O)C1. The zero-order chi connectivity index (χ0) is 7.56. The third-order valence-electron chi connectivity index (χ3n) is 1.71. The van der Waals surface area contributed by atoms with Crippen molar-refractivity contribution in [3.8, 4) is 0 Å². The number of carbonyl (C=O) groups is 1. The van der Waals surface area contributed by atoms with Crippen LogP contribution in [0.5, 0.6) is 0 Å². The summed E-state index contributed by atoms with van der Waals surface area (Å²) in [5, 5.41) is 9.08. The second-order valence-corrected chi connectivity index (χ2v) is 2.58. The van der Waals surface area contributed by atoms with Crippen LogP contribution >= 0.6 is 0 Å². The lowest BCUT2D eigenvalue weighted by atomic mass is 10.1. The van der Waals surface area contributed by atoms with Crippen molar-refractivity contribution in [1.29, 1.82) is 0 Å². The molecular formula is C6H12N2O2. The number of urea groups is 1. The number of hydrogen-bond acceptors (Lipinski definition) is 2. The first-order chi connectivity index (χ1) is 4.70. The molecular weight excluding hydrogens is 132 g/mol. The Morgan fingerprint density at radius 3 is 2.80 bits per heavy atom. The zero-order valence-corrected chi connectivity index (χ0v) is 5.79. The van der Waals surface area contributed by atoms with E-state index >= 15 is 0 Å². The van der Waals surface area contributed by atoms with Crippen molar-refractivity contribution in [2.75, 3.05) is 13.1 Å². The molecule has 2 amide bonds. The van der Waals surface area contributed by atoms with Gasteiger partial charge in [0.15, 0.2) is 0 Å². The van der Waals surface area contributed by atoms with E-state index in [1.165, 1.54) is 4.90 Å². The first kappa shape index (κ1) is 7.34. The highest BCUT2D eigenvalue weighted by Crippen LogP contribution is 2.08. The number of nitrogens with zero attached hydrogens (tertiary/aromatic N) is 1. The maximum atomic E-state index is 10.5. The average Bonchev–Trinajstić information content (AvgIpc) is 1.88. The molecule has 1 aliphatic heterocycles. The molecule has 58 valence electrons. The summed E-state index contributed by atoms with van der Waals surface area (Å²) < 4.78 is 0. The largest absolute Gasteiger partial charge is 0.391 e. The predicted octanol–water partition coefficient (Wildman–Crippen LogP) is -0.478. The van der Waals surface area contributed by atoms with E-state index in [1.54, 1.807) is 0 Å². The van der Waals surface area contributed by atoms with Crippen molar-refractivity contribution in [3.63, 3.8) is 0 Å². The molecule has 0 aromatic rings. The standard InChI is InChI=1S/C6H12N2O2/c7-6(10)8-3-1-2-5(9)4-8/h5,9H,1-4H2,(H2,7,10)/t5-/m1/s1. The fraction of sp³-hybridized carbons (Fsp3) is 0.833. The van der Waals surface area contributed by atoms with Crippen molar-refractivity contribution >= 4 is 6.03 Å². The normalized spacial score (nSPS) is 26.5. The van der Waals surface area contributed by atoms with Gasteiger partial charge in [0.05, 0.1) is 6.10 Å². The number of aliphatic hydroxyl groups is 1. The second-order valence-electron chi connectivity index (χ2n) is 2.58. The van der Waals surface area contributed by atoms with Gasteiger partial charge >= 0.3 is 6.03 Å². The Balaban J connectivity index is 2.39. The van der Waals surface area contributed by atoms with Crippen LogP contribution in [0.1, 0.15) is 12.8 Å². The van der Waals surface area contributed by atoms with Gasteiger partial charge < -0.3 is 15.7 Å². The van der Waals surface area contributed by atoms with Crippen LogP contribution in [0.3, 0.4) is 0 Å². The maximum absolute atomic E-state index is 10.5. The maximum Gasteiger partial charge on any atom is 0.314 e. The number of hydrogen-bond donors (Lipinski definition) is 2. The fourth-order valence-corrected chi connectivity index (χ4v) is 1.15. The summed E-state index contributed by atoms with van der Waals surface area (Å²) in [6.45, 7) is 1.09. The molecule has 4 nitrogen and oxygen atoms in total. The minimum atomic E-state index is -0.432. The average molecular weight is 144 g/mol. The van der Waals surface area contributed by atoms with E-state index in [0.717, 1.165) is 12.8 Å². The summed E-state index contributed by atoms with van der Waals surface area (Å²) >= 11 is 0. The highest BCUT2D eigenvalue weighted by Gasteiger charge is 2.19. The van der Waals surface area contributed by atoms with Crippen LogP contribution in [0.2, 0.25) is 0 Å². The molecule has 0 aromatic carbocycles. The third-order valence-corrected chi connectivity index (χ3v) is 1.71. The fourth-order valence-electron chi connectivity index (χ4n) is 1.15.